The largest absolute Gasteiger partial charge is 0.469 e. The van der Waals surface area contributed by atoms with Gasteiger partial charge in [-0.2, -0.15) is 0 Å². The molecule has 0 aromatic heterocycles. The zero-order valence-electron chi connectivity index (χ0n) is 9.41. The second kappa shape index (κ2) is 4.45. The Hall–Kier alpha value is -1.35. The summed E-state index contributed by atoms with van der Waals surface area (Å²) in [6, 6.07) is 7.80. The highest BCUT2D eigenvalue weighted by Crippen LogP contribution is 2.24. The van der Waals surface area contributed by atoms with E-state index in [9.17, 15) is 4.79 Å². The van der Waals surface area contributed by atoms with Crippen molar-refractivity contribution in [3.8, 4) is 0 Å². The van der Waals surface area contributed by atoms with Crippen LogP contribution in [0, 0.1) is 6.92 Å². The summed E-state index contributed by atoms with van der Waals surface area (Å²) in [6.45, 7) is 3.82. The number of carbonyl (C=O) groups excluding carboxylic acids is 1. The lowest BCUT2D eigenvalue weighted by molar-refractivity contribution is -0.141. The Balaban J connectivity index is 2.95. The molecule has 1 atom stereocenters. The van der Waals surface area contributed by atoms with E-state index in [0.29, 0.717) is 0 Å². The first-order chi connectivity index (χ1) is 6.97. The summed E-state index contributed by atoms with van der Waals surface area (Å²) in [5, 5.41) is 0. The molecule has 82 valence electrons. The average Bonchev–Trinajstić information content (AvgIpc) is 2.17. The Morgan fingerprint density at radius 3 is 2.60 bits per heavy atom. The number of benzene rings is 1. The first kappa shape index (κ1) is 11.7. The van der Waals surface area contributed by atoms with Gasteiger partial charge in [0.2, 0.25) is 0 Å². The van der Waals surface area contributed by atoms with Gasteiger partial charge in [-0.05, 0) is 25.0 Å². The molecule has 0 amide bonds. The summed E-state index contributed by atoms with van der Waals surface area (Å²) in [7, 11) is 1.37. The molecule has 0 saturated heterocycles. The molecular weight excluding hydrogens is 190 g/mol. The number of carbonyl (C=O) groups is 1. The number of hydrogen-bond donors (Lipinski definition) is 1. The van der Waals surface area contributed by atoms with Gasteiger partial charge in [0, 0.05) is 5.54 Å². The summed E-state index contributed by atoms with van der Waals surface area (Å²) >= 11 is 0. The summed E-state index contributed by atoms with van der Waals surface area (Å²) in [5.74, 6) is -0.289. The molecule has 15 heavy (non-hydrogen) atoms. The first-order valence-electron chi connectivity index (χ1n) is 4.89. The maximum atomic E-state index is 11.2. The van der Waals surface area contributed by atoms with E-state index in [1.165, 1.54) is 7.11 Å². The van der Waals surface area contributed by atoms with Gasteiger partial charge in [-0.25, -0.2) is 0 Å². The molecular formula is C12H17NO2. The van der Waals surface area contributed by atoms with Crippen molar-refractivity contribution in [2.24, 2.45) is 5.73 Å². The standard InChI is InChI=1S/C12H17NO2/c1-9-6-4-5-7-10(9)12(2,13)8-11(14)15-3/h4-7H,8,13H2,1-3H3. The van der Waals surface area contributed by atoms with E-state index in [1.807, 2.05) is 38.1 Å². The molecule has 0 saturated carbocycles. The van der Waals surface area contributed by atoms with E-state index >= 15 is 0 Å². The van der Waals surface area contributed by atoms with Crippen molar-refractivity contribution >= 4 is 5.97 Å². The maximum Gasteiger partial charge on any atom is 0.307 e. The van der Waals surface area contributed by atoms with Crippen LogP contribution in [-0.2, 0) is 15.1 Å². The summed E-state index contributed by atoms with van der Waals surface area (Å²) in [4.78, 5) is 11.2. The third-order valence-electron chi connectivity index (χ3n) is 2.50. The van der Waals surface area contributed by atoms with Gasteiger partial charge in [0.25, 0.3) is 0 Å². The lowest BCUT2D eigenvalue weighted by Gasteiger charge is -2.25. The second-order valence-corrected chi connectivity index (χ2v) is 3.99. The van der Waals surface area contributed by atoms with Crippen LogP contribution in [0.1, 0.15) is 24.5 Å². The number of methoxy groups -OCH3 is 1. The number of rotatable bonds is 3. The van der Waals surface area contributed by atoms with Crippen LogP contribution in [0.25, 0.3) is 0 Å². The van der Waals surface area contributed by atoms with Crippen LogP contribution in [0.2, 0.25) is 0 Å². The molecule has 0 heterocycles. The van der Waals surface area contributed by atoms with Gasteiger partial charge < -0.3 is 10.5 Å². The van der Waals surface area contributed by atoms with Gasteiger partial charge in [0.15, 0.2) is 0 Å². The highest BCUT2D eigenvalue weighted by atomic mass is 16.5. The number of ether oxygens (including phenoxy) is 1. The highest BCUT2D eigenvalue weighted by molar-refractivity contribution is 5.71. The van der Waals surface area contributed by atoms with Crippen molar-refractivity contribution in [2.75, 3.05) is 7.11 Å². The topological polar surface area (TPSA) is 52.3 Å². The van der Waals surface area contributed by atoms with E-state index < -0.39 is 5.54 Å². The molecule has 0 bridgehead atoms. The lowest BCUT2D eigenvalue weighted by atomic mass is 9.87. The minimum atomic E-state index is -0.668. The van der Waals surface area contributed by atoms with Gasteiger partial charge in [-0.3, -0.25) is 4.79 Å². The molecule has 0 radical (unpaired) electrons. The molecule has 1 aromatic rings. The Labute approximate surface area is 90.2 Å². The van der Waals surface area contributed by atoms with Crippen LogP contribution >= 0.6 is 0 Å². The van der Waals surface area contributed by atoms with Crippen LogP contribution < -0.4 is 5.73 Å². The fraction of sp³-hybridized carbons (Fsp3) is 0.417. The average molecular weight is 207 g/mol. The Kier molecular flexibility index (Phi) is 3.48. The number of hydrogen-bond acceptors (Lipinski definition) is 3. The summed E-state index contributed by atoms with van der Waals surface area (Å²) in [5.41, 5.74) is 7.52. The van der Waals surface area contributed by atoms with Crippen molar-refractivity contribution in [3.63, 3.8) is 0 Å². The molecule has 0 spiro atoms. The smallest absolute Gasteiger partial charge is 0.307 e. The molecule has 0 aliphatic rings. The first-order valence-corrected chi connectivity index (χ1v) is 4.89. The van der Waals surface area contributed by atoms with Crippen LogP contribution in [0.15, 0.2) is 24.3 Å². The molecule has 0 aliphatic heterocycles. The highest BCUT2D eigenvalue weighted by Gasteiger charge is 2.26. The summed E-state index contributed by atoms with van der Waals surface area (Å²) < 4.78 is 4.63. The van der Waals surface area contributed by atoms with E-state index in [2.05, 4.69) is 4.74 Å². The molecule has 1 aromatic carbocycles. The predicted molar refractivity (Wildman–Crippen MR) is 59.4 cm³/mol. The van der Waals surface area contributed by atoms with Crippen molar-refractivity contribution < 1.29 is 9.53 Å². The van der Waals surface area contributed by atoms with Gasteiger partial charge in [-0.1, -0.05) is 24.3 Å². The minimum Gasteiger partial charge on any atom is -0.469 e. The molecule has 3 nitrogen and oxygen atoms in total. The van der Waals surface area contributed by atoms with E-state index in [-0.39, 0.29) is 12.4 Å². The van der Waals surface area contributed by atoms with Crippen molar-refractivity contribution in [1.82, 2.24) is 0 Å². The second-order valence-electron chi connectivity index (χ2n) is 3.99. The van der Waals surface area contributed by atoms with Crippen LogP contribution in [0.5, 0.6) is 0 Å². The van der Waals surface area contributed by atoms with Crippen LogP contribution in [0.3, 0.4) is 0 Å². The Morgan fingerprint density at radius 2 is 2.07 bits per heavy atom. The SMILES string of the molecule is COC(=O)CC(C)(N)c1ccccc1C. The zero-order chi connectivity index (χ0) is 11.5. The molecule has 3 heteroatoms. The third kappa shape index (κ3) is 2.80. The minimum absolute atomic E-state index is 0.189. The quantitative estimate of drug-likeness (QED) is 0.768. The zero-order valence-corrected chi connectivity index (χ0v) is 9.41. The maximum absolute atomic E-state index is 11.2. The van der Waals surface area contributed by atoms with Gasteiger partial charge in [0.05, 0.1) is 13.5 Å². The van der Waals surface area contributed by atoms with Crippen molar-refractivity contribution in [2.45, 2.75) is 25.8 Å². The Morgan fingerprint density at radius 1 is 1.47 bits per heavy atom. The monoisotopic (exact) mass is 207 g/mol. The molecule has 2 N–H and O–H groups in total. The number of nitrogens with two attached hydrogens (primary N) is 1. The molecule has 0 fully saturated rings. The predicted octanol–water partition coefficient (Wildman–Crippen LogP) is 1.73. The normalized spacial score (nSPS) is 14.4. The third-order valence-corrected chi connectivity index (χ3v) is 2.50. The summed E-state index contributed by atoms with van der Waals surface area (Å²) in [6.07, 6.45) is 0.189. The van der Waals surface area contributed by atoms with Crippen LogP contribution in [0.4, 0.5) is 0 Å². The fourth-order valence-electron chi connectivity index (χ4n) is 1.68. The number of esters is 1. The van der Waals surface area contributed by atoms with Gasteiger partial charge >= 0.3 is 5.97 Å². The van der Waals surface area contributed by atoms with Gasteiger partial charge in [0.1, 0.15) is 0 Å². The van der Waals surface area contributed by atoms with E-state index in [4.69, 9.17) is 5.73 Å². The van der Waals surface area contributed by atoms with Crippen molar-refractivity contribution in [3.05, 3.63) is 35.4 Å². The van der Waals surface area contributed by atoms with E-state index in [0.717, 1.165) is 11.1 Å². The van der Waals surface area contributed by atoms with Crippen molar-refractivity contribution in [1.29, 1.82) is 0 Å². The fourth-order valence-corrected chi connectivity index (χ4v) is 1.68. The molecule has 0 aliphatic carbocycles. The molecule has 1 rings (SSSR count). The lowest BCUT2D eigenvalue weighted by Crippen LogP contribution is -2.36. The number of aryl methyl sites for hydroxylation is 1. The van der Waals surface area contributed by atoms with Gasteiger partial charge in [-0.15, -0.1) is 0 Å². The van der Waals surface area contributed by atoms with E-state index in [1.54, 1.807) is 0 Å². The van der Waals surface area contributed by atoms with Crippen LogP contribution in [-0.4, -0.2) is 13.1 Å². The molecule has 1 unspecified atom stereocenters. The Bertz CT molecular complexity index is 358.